The van der Waals surface area contributed by atoms with E-state index in [1.165, 1.54) is 6.26 Å². The largest absolute Gasteiger partial charge is 0.501 e. The van der Waals surface area contributed by atoms with Gasteiger partial charge in [-0.2, -0.15) is 0 Å². The van der Waals surface area contributed by atoms with Crippen LogP contribution in [0.3, 0.4) is 0 Å². The first-order chi connectivity index (χ1) is 4.43. The van der Waals surface area contributed by atoms with Crippen LogP contribution < -0.4 is 0 Å². The zero-order valence-corrected chi connectivity index (χ0v) is 5.38. The van der Waals surface area contributed by atoms with E-state index in [-0.39, 0.29) is 0 Å². The highest BCUT2D eigenvalue weighted by Gasteiger charge is 2.14. The van der Waals surface area contributed by atoms with Crippen LogP contribution in [0.4, 0.5) is 0 Å². The molecule has 1 saturated heterocycles. The van der Waals surface area contributed by atoms with Gasteiger partial charge in [-0.05, 0) is 13.0 Å². The van der Waals surface area contributed by atoms with Crippen molar-refractivity contribution < 1.29 is 9.47 Å². The Labute approximate surface area is 55.5 Å². The Morgan fingerprint density at radius 3 is 3.22 bits per heavy atom. The Balaban J connectivity index is 2.04. The molecule has 51 valence electrons. The van der Waals surface area contributed by atoms with E-state index in [2.05, 4.69) is 0 Å². The summed E-state index contributed by atoms with van der Waals surface area (Å²) in [6.45, 7) is 7.42. The van der Waals surface area contributed by atoms with Gasteiger partial charge in [0.25, 0.3) is 0 Å². The third-order valence-corrected chi connectivity index (χ3v) is 1.45. The fourth-order valence-corrected chi connectivity index (χ4v) is 0.906. The van der Waals surface area contributed by atoms with Gasteiger partial charge in [-0.25, -0.2) is 0 Å². The third kappa shape index (κ3) is 2.06. The molecule has 1 aliphatic heterocycles. The van der Waals surface area contributed by atoms with Crippen LogP contribution in [0.5, 0.6) is 0 Å². The van der Waals surface area contributed by atoms with Crippen LogP contribution >= 0.6 is 0 Å². The predicted octanol–water partition coefficient (Wildman–Crippen LogP) is 0.986. The first-order valence-corrected chi connectivity index (χ1v) is 3.16. The van der Waals surface area contributed by atoms with Gasteiger partial charge < -0.3 is 9.47 Å². The van der Waals surface area contributed by atoms with Crippen molar-refractivity contribution >= 4 is 0 Å². The molecular weight excluding hydrogens is 116 g/mol. The first-order valence-electron chi connectivity index (χ1n) is 3.16. The smallest absolute Gasteiger partial charge is 0.0924 e. The molecule has 2 heteroatoms. The minimum atomic E-state index is 0.560. The Bertz CT molecular complexity index is 84.9. The molecule has 1 radical (unpaired) electrons. The van der Waals surface area contributed by atoms with E-state index in [9.17, 15) is 0 Å². The molecule has 1 aliphatic rings. The van der Waals surface area contributed by atoms with Gasteiger partial charge in [0, 0.05) is 12.5 Å². The monoisotopic (exact) mass is 127 g/mol. The maximum Gasteiger partial charge on any atom is 0.0924 e. The number of hydrogen-bond donors (Lipinski definition) is 0. The normalized spacial score (nSPS) is 26.0. The molecule has 0 aromatic carbocycles. The molecule has 9 heavy (non-hydrogen) atoms. The number of rotatable bonds is 3. The second-order valence-corrected chi connectivity index (χ2v) is 2.20. The van der Waals surface area contributed by atoms with Gasteiger partial charge in [0.1, 0.15) is 0 Å². The Morgan fingerprint density at radius 1 is 1.78 bits per heavy atom. The van der Waals surface area contributed by atoms with E-state index in [1.54, 1.807) is 0 Å². The number of ether oxygens (including phenoxy) is 2. The van der Waals surface area contributed by atoms with Crippen LogP contribution in [0.15, 0.2) is 6.26 Å². The van der Waals surface area contributed by atoms with Gasteiger partial charge in [-0.1, -0.05) is 0 Å². The summed E-state index contributed by atoms with van der Waals surface area (Å²) in [5.74, 6) is 0.560. The molecule has 2 nitrogen and oxygen atoms in total. The van der Waals surface area contributed by atoms with Crippen molar-refractivity contribution in [3.8, 4) is 0 Å². The molecule has 1 heterocycles. The molecule has 0 bridgehead atoms. The molecular formula is C7H11O2. The summed E-state index contributed by atoms with van der Waals surface area (Å²) in [4.78, 5) is 0. The van der Waals surface area contributed by atoms with Gasteiger partial charge in [0.2, 0.25) is 0 Å². The molecule has 0 aromatic heterocycles. The second-order valence-electron chi connectivity index (χ2n) is 2.20. The fourth-order valence-electron chi connectivity index (χ4n) is 0.906. The van der Waals surface area contributed by atoms with Gasteiger partial charge >= 0.3 is 0 Å². The standard InChI is InChI=1S/C7H11O2/c1-2-8-5-7-3-4-9-6-7/h1-2,7H,3-6H2. The van der Waals surface area contributed by atoms with Crippen molar-refractivity contribution in [2.24, 2.45) is 5.92 Å². The van der Waals surface area contributed by atoms with Crippen LogP contribution in [0.25, 0.3) is 0 Å². The summed E-state index contributed by atoms with van der Waals surface area (Å²) < 4.78 is 10.0. The van der Waals surface area contributed by atoms with Gasteiger partial charge in [-0.3, -0.25) is 0 Å². The maximum atomic E-state index is 5.12. The SMILES string of the molecule is [CH]=COCC1CCOC1. The molecule has 1 unspecified atom stereocenters. The highest BCUT2D eigenvalue weighted by atomic mass is 16.5. The average molecular weight is 127 g/mol. The van der Waals surface area contributed by atoms with Crippen molar-refractivity contribution in [1.29, 1.82) is 0 Å². The molecule has 1 atom stereocenters. The van der Waals surface area contributed by atoms with E-state index in [0.29, 0.717) is 12.5 Å². The molecule has 0 aliphatic carbocycles. The molecule has 0 spiro atoms. The second kappa shape index (κ2) is 3.51. The van der Waals surface area contributed by atoms with Crippen LogP contribution in [0, 0.1) is 12.5 Å². The summed E-state index contributed by atoms with van der Waals surface area (Å²) >= 11 is 0. The van der Waals surface area contributed by atoms with E-state index in [1.807, 2.05) is 0 Å². The van der Waals surface area contributed by atoms with Gasteiger partial charge in [0.05, 0.1) is 19.5 Å². The molecule has 1 fully saturated rings. The summed E-state index contributed by atoms with van der Waals surface area (Å²) in [5, 5.41) is 0. The summed E-state index contributed by atoms with van der Waals surface area (Å²) in [5.41, 5.74) is 0. The lowest BCUT2D eigenvalue weighted by molar-refractivity contribution is 0.151. The summed E-state index contributed by atoms with van der Waals surface area (Å²) in [6.07, 6.45) is 2.34. The van der Waals surface area contributed by atoms with Crippen molar-refractivity contribution in [2.75, 3.05) is 19.8 Å². The molecule has 1 rings (SSSR count). The van der Waals surface area contributed by atoms with Crippen LogP contribution in [-0.2, 0) is 9.47 Å². The van der Waals surface area contributed by atoms with Crippen molar-refractivity contribution in [2.45, 2.75) is 6.42 Å². The maximum absolute atomic E-state index is 5.12. The van der Waals surface area contributed by atoms with Gasteiger partial charge in [-0.15, -0.1) is 0 Å². The minimum absolute atomic E-state index is 0.560. The molecule has 0 aromatic rings. The topological polar surface area (TPSA) is 18.5 Å². The van der Waals surface area contributed by atoms with Crippen LogP contribution in [0.2, 0.25) is 0 Å². The summed E-state index contributed by atoms with van der Waals surface area (Å²) in [6, 6.07) is 0. The van der Waals surface area contributed by atoms with Crippen molar-refractivity contribution in [1.82, 2.24) is 0 Å². The lowest BCUT2D eigenvalue weighted by atomic mass is 10.1. The first kappa shape index (κ1) is 6.62. The van der Waals surface area contributed by atoms with Crippen molar-refractivity contribution in [3.63, 3.8) is 0 Å². The Kier molecular flexibility index (Phi) is 2.58. The Hall–Kier alpha value is -0.500. The molecule has 0 saturated carbocycles. The Morgan fingerprint density at radius 2 is 2.67 bits per heavy atom. The minimum Gasteiger partial charge on any atom is -0.501 e. The molecule has 0 amide bonds. The predicted molar refractivity (Wildman–Crippen MR) is 33.7 cm³/mol. The van der Waals surface area contributed by atoms with Crippen molar-refractivity contribution in [3.05, 3.63) is 12.8 Å². The lowest BCUT2D eigenvalue weighted by Gasteiger charge is -2.04. The third-order valence-electron chi connectivity index (χ3n) is 1.45. The van der Waals surface area contributed by atoms with Crippen LogP contribution in [0.1, 0.15) is 6.42 Å². The van der Waals surface area contributed by atoms with E-state index in [4.69, 9.17) is 16.1 Å². The number of hydrogen-bond acceptors (Lipinski definition) is 2. The highest BCUT2D eigenvalue weighted by molar-refractivity contribution is 4.63. The van der Waals surface area contributed by atoms with Crippen LogP contribution in [-0.4, -0.2) is 19.8 Å². The van der Waals surface area contributed by atoms with Gasteiger partial charge in [0.15, 0.2) is 0 Å². The average Bonchev–Trinajstić information content (AvgIpc) is 2.34. The van der Waals surface area contributed by atoms with E-state index < -0.39 is 0 Å². The molecule has 0 N–H and O–H groups in total. The highest BCUT2D eigenvalue weighted by Crippen LogP contribution is 2.11. The van der Waals surface area contributed by atoms with E-state index >= 15 is 0 Å². The zero-order valence-electron chi connectivity index (χ0n) is 5.38. The fraction of sp³-hybridized carbons (Fsp3) is 0.714. The van der Waals surface area contributed by atoms with E-state index in [0.717, 1.165) is 19.6 Å². The quantitative estimate of drug-likeness (QED) is 0.526. The summed E-state index contributed by atoms with van der Waals surface area (Å²) in [7, 11) is 0. The lowest BCUT2D eigenvalue weighted by Crippen LogP contribution is -2.05. The zero-order chi connectivity index (χ0) is 6.53.